The number of alkyl carbamates (subject to hydrolysis) is 1. The van der Waals surface area contributed by atoms with Crippen molar-refractivity contribution in [3.05, 3.63) is 29.6 Å². The minimum absolute atomic E-state index is 0.140. The highest BCUT2D eigenvalue weighted by Crippen LogP contribution is 2.19. The van der Waals surface area contributed by atoms with Gasteiger partial charge < -0.3 is 29.2 Å². The zero-order valence-electron chi connectivity index (χ0n) is 16.1. The number of esters is 1. The van der Waals surface area contributed by atoms with Crippen LogP contribution < -0.4 is 10.1 Å². The van der Waals surface area contributed by atoms with E-state index in [4.69, 9.17) is 9.47 Å². The van der Waals surface area contributed by atoms with E-state index >= 15 is 0 Å². The quantitative estimate of drug-likeness (QED) is 0.516. The van der Waals surface area contributed by atoms with Crippen molar-refractivity contribution >= 4 is 19.2 Å². The van der Waals surface area contributed by atoms with Crippen molar-refractivity contribution in [1.82, 2.24) is 5.32 Å². The second kappa shape index (κ2) is 10.1. The predicted octanol–water partition coefficient (Wildman–Crippen LogP) is 1.48. The molecule has 0 saturated carbocycles. The fourth-order valence-electron chi connectivity index (χ4n) is 2.02. The van der Waals surface area contributed by atoms with Crippen LogP contribution in [0.4, 0.5) is 9.18 Å². The number of amides is 1. The van der Waals surface area contributed by atoms with Gasteiger partial charge in [-0.15, -0.1) is 0 Å². The Morgan fingerprint density at radius 1 is 1.30 bits per heavy atom. The smallest absolute Gasteiger partial charge is 0.494 e. The van der Waals surface area contributed by atoms with Gasteiger partial charge in [0, 0.05) is 19.6 Å². The molecule has 0 aliphatic rings. The van der Waals surface area contributed by atoms with Crippen molar-refractivity contribution in [2.45, 2.75) is 38.8 Å². The molecular formula is C17H25BFNO7. The molecule has 1 aromatic rings. The molecule has 10 heteroatoms. The van der Waals surface area contributed by atoms with Crippen molar-refractivity contribution < 1.29 is 37.9 Å². The molecule has 0 aromatic heterocycles. The molecule has 0 heterocycles. The number of carbonyl (C=O) groups excluding carboxylic acids is 2. The average molecular weight is 385 g/mol. The van der Waals surface area contributed by atoms with E-state index in [1.807, 2.05) is 0 Å². The highest BCUT2D eigenvalue weighted by molar-refractivity contribution is 6.42. The summed E-state index contributed by atoms with van der Waals surface area (Å²) in [6, 6.07) is 2.88. The van der Waals surface area contributed by atoms with E-state index in [1.165, 1.54) is 26.4 Å². The largest absolute Gasteiger partial charge is 0.496 e. The van der Waals surface area contributed by atoms with Gasteiger partial charge in [0.2, 0.25) is 0 Å². The van der Waals surface area contributed by atoms with Gasteiger partial charge >= 0.3 is 19.2 Å². The van der Waals surface area contributed by atoms with Crippen molar-refractivity contribution in [1.29, 1.82) is 0 Å². The van der Waals surface area contributed by atoms with Gasteiger partial charge in [0.05, 0.1) is 7.11 Å². The number of hydrogen-bond donors (Lipinski definition) is 2. The average Bonchev–Trinajstić information content (AvgIpc) is 2.58. The first-order valence-electron chi connectivity index (χ1n) is 8.25. The van der Waals surface area contributed by atoms with Gasteiger partial charge in [0.1, 0.15) is 29.7 Å². The van der Waals surface area contributed by atoms with Gasteiger partial charge in [0.15, 0.2) is 0 Å². The van der Waals surface area contributed by atoms with E-state index in [2.05, 4.69) is 14.7 Å². The van der Waals surface area contributed by atoms with Crippen LogP contribution in [0.1, 0.15) is 26.3 Å². The first kappa shape index (κ1) is 22.7. The number of halogens is 1. The first-order chi connectivity index (χ1) is 12.6. The number of carbonyl (C=O) groups is 2. The summed E-state index contributed by atoms with van der Waals surface area (Å²) in [4.78, 5) is 23.8. The third kappa shape index (κ3) is 8.27. The maximum Gasteiger partial charge on any atom is 0.494 e. The van der Waals surface area contributed by atoms with Crippen LogP contribution in [0.5, 0.6) is 5.75 Å². The Balaban J connectivity index is 2.83. The molecule has 1 aromatic carbocycles. The molecule has 1 atom stereocenters. The van der Waals surface area contributed by atoms with Crippen LogP contribution in [0.25, 0.3) is 0 Å². The van der Waals surface area contributed by atoms with Gasteiger partial charge in [-0.1, -0.05) is 6.07 Å². The Labute approximate surface area is 158 Å². The Hall–Kier alpha value is -2.33. The van der Waals surface area contributed by atoms with E-state index in [9.17, 15) is 19.0 Å². The highest BCUT2D eigenvalue weighted by atomic mass is 19.1. The number of nitrogens with one attached hydrogen (secondary N) is 1. The first-order valence-corrected chi connectivity index (χ1v) is 8.25. The number of hydrogen-bond acceptors (Lipinski definition) is 7. The Bertz CT molecular complexity index is 651. The number of rotatable bonds is 8. The summed E-state index contributed by atoms with van der Waals surface area (Å²) >= 11 is 0. The monoisotopic (exact) mass is 385 g/mol. The van der Waals surface area contributed by atoms with E-state index in [1.54, 1.807) is 20.8 Å². The fraction of sp³-hybridized carbons (Fsp3) is 0.529. The molecular weight excluding hydrogens is 360 g/mol. The normalized spacial score (nSPS) is 12.1. The summed E-state index contributed by atoms with van der Waals surface area (Å²) in [6.45, 7) is 4.87. The molecule has 0 unspecified atom stereocenters. The fourth-order valence-corrected chi connectivity index (χ4v) is 2.02. The maximum absolute atomic E-state index is 14.3. The molecule has 1 rings (SSSR count). The third-order valence-electron chi connectivity index (χ3n) is 3.29. The topological polar surface area (TPSA) is 103 Å². The second-order valence-corrected chi connectivity index (χ2v) is 6.68. The van der Waals surface area contributed by atoms with Crippen LogP contribution in [0, 0.1) is 5.82 Å². The Kier molecular flexibility index (Phi) is 8.52. The van der Waals surface area contributed by atoms with Crippen LogP contribution in [0.3, 0.4) is 0 Å². The third-order valence-corrected chi connectivity index (χ3v) is 3.29. The standard InChI is InChI=1S/C17H25BFNO7/c1-17(2,3)27-16(22)20-14(15(21)24-4)8-11-6-7-12(9-13(11)19)26-10-18(23)25-5/h6-7,9,14,23H,8,10H2,1-5H3,(H,20,22)/t14-/m0/s1. The number of ether oxygens (including phenoxy) is 3. The zero-order valence-corrected chi connectivity index (χ0v) is 16.1. The molecule has 8 nitrogen and oxygen atoms in total. The van der Waals surface area contributed by atoms with E-state index in [0.29, 0.717) is 0 Å². The number of benzene rings is 1. The maximum atomic E-state index is 14.3. The molecule has 1 amide bonds. The molecule has 0 bridgehead atoms. The molecule has 0 aliphatic heterocycles. The second-order valence-electron chi connectivity index (χ2n) is 6.68. The van der Waals surface area contributed by atoms with Crippen molar-refractivity contribution in [3.8, 4) is 5.75 Å². The van der Waals surface area contributed by atoms with Crippen LogP contribution in [0.15, 0.2) is 18.2 Å². The van der Waals surface area contributed by atoms with E-state index in [-0.39, 0.29) is 24.2 Å². The van der Waals surface area contributed by atoms with Gasteiger partial charge in [0.25, 0.3) is 0 Å². The summed E-state index contributed by atoms with van der Waals surface area (Å²) in [7, 11) is 1.34. The van der Waals surface area contributed by atoms with Crippen molar-refractivity contribution in [2.75, 3.05) is 20.7 Å². The van der Waals surface area contributed by atoms with Crippen LogP contribution in [-0.2, 0) is 25.3 Å². The molecule has 0 spiro atoms. The predicted molar refractivity (Wildman–Crippen MR) is 95.8 cm³/mol. The van der Waals surface area contributed by atoms with E-state index in [0.717, 1.165) is 6.07 Å². The summed E-state index contributed by atoms with van der Waals surface area (Å²) in [5, 5.41) is 11.6. The molecule has 0 aliphatic carbocycles. The van der Waals surface area contributed by atoms with Gasteiger partial charge in [-0.05, 0) is 32.4 Å². The number of methoxy groups -OCH3 is 1. The lowest BCUT2D eigenvalue weighted by Crippen LogP contribution is -2.45. The van der Waals surface area contributed by atoms with Crippen LogP contribution >= 0.6 is 0 Å². The van der Waals surface area contributed by atoms with Crippen LogP contribution in [0.2, 0.25) is 0 Å². The SMILES string of the molecule is COB(O)COc1ccc(C[C@H](NC(=O)OC(C)(C)C)C(=O)OC)c(F)c1. The van der Waals surface area contributed by atoms with E-state index < -0.39 is 36.6 Å². The lowest BCUT2D eigenvalue weighted by Gasteiger charge is -2.22. The minimum Gasteiger partial charge on any atom is -0.496 e. The van der Waals surface area contributed by atoms with Crippen LogP contribution in [-0.4, -0.2) is 56.6 Å². The van der Waals surface area contributed by atoms with Gasteiger partial charge in [-0.3, -0.25) is 0 Å². The zero-order chi connectivity index (χ0) is 20.6. The van der Waals surface area contributed by atoms with Gasteiger partial charge in [-0.25, -0.2) is 14.0 Å². The molecule has 27 heavy (non-hydrogen) atoms. The molecule has 2 N–H and O–H groups in total. The lowest BCUT2D eigenvalue weighted by molar-refractivity contribution is -0.143. The minimum atomic E-state index is -1.13. The summed E-state index contributed by atoms with van der Waals surface area (Å²) in [5.41, 5.74) is -0.581. The lowest BCUT2D eigenvalue weighted by atomic mass is 9.94. The summed E-state index contributed by atoms with van der Waals surface area (Å²) in [5.74, 6) is -1.19. The molecule has 0 saturated heterocycles. The van der Waals surface area contributed by atoms with Crippen molar-refractivity contribution in [3.63, 3.8) is 0 Å². The summed E-state index contributed by atoms with van der Waals surface area (Å²) in [6.07, 6.45) is -0.953. The summed E-state index contributed by atoms with van der Waals surface area (Å²) < 4.78 is 33.9. The van der Waals surface area contributed by atoms with Crippen molar-refractivity contribution in [2.24, 2.45) is 0 Å². The Morgan fingerprint density at radius 3 is 2.48 bits per heavy atom. The highest BCUT2D eigenvalue weighted by Gasteiger charge is 2.26. The Morgan fingerprint density at radius 2 is 1.96 bits per heavy atom. The molecule has 0 radical (unpaired) electrons. The molecule has 150 valence electrons. The molecule has 0 fully saturated rings. The van der Waals surface area contributed by atoms with Gasteiger partial charge in [-0.2, -0.15) is 0 Å².